The number of thioether (sulfide) groups is 1. The molecule has 0 spiro atoms. The lowest BCUT2D eigenvalue weighted by atomic mass is 10.2. The van der Waals surface area contributed by atoms with E-state index in [0.717, 1.165) is 29.2 Å². The van der Waals surface area contributed by atoms with Crippen LogP contribution >= 0.6 is 11.8 Å². The van der Waals surface area contributed by atoms with Crippen molar-refractivity contribution in [3.8, 4) is 0 Å². The molecule has 1 heterocycles. The van der Waals surface area contributed by atoms with Crippen molar-refractivity contribution in [3.05, 3.63) is 60.2 Å². The summed E-state index contributed by atoms with van der Waals surface area (Å²) >= 11 is 0.642. The van der Waals surface area contributed by atoms with Crippen LogP contribution in [0.5, 0.6) is 0 Å². The number of aliphatic carboxylic acids is 1. The Balaban J connectivity index is 1.93. The summed E-state index contributed by atoms with van der Waals surface area (Å²) in [5.41, 5.74) is 0.471. The van der Waals surface area contributed by atoms with Crippen LogP contribution in [0.3, 0.4) is 0 Å². The van der Waals surface area contributed by atoms with Crippen molar-refractivity contribution in [3.63, 3.8) is 0 Å². The fourth-order valence-corrected chi connectivity index (χ4v) is 3.53. The molecule has 1 aliphatic heterocycles. The maximum Gasteiger partial charge on any atom is 0.323 e. The molecule has 6 nitrogen and oxygen atoms in total. The lowest BCUT2D eigenvalue weighted by Gasteiger charge is -2.27. The first kappa shape index (κ1) is 17.9. The molecule has 2 aromatic carbocycles. The zero-order valence-electron chi connectivity index (χ0n) is 13.1. The third-order valence-corrected chi connectivity index (χ3v) is 4.72. The highest BCUT2D eigenvalue weighted by atomic mass is 32.2. The summed E-state index contributed by atoms with van der Waals surface area (Å²) in [6, 6.07) is 9.72. The van der Waals surface area contributed by atoms with Crippen LogP contribution in [0.25, 0.3) is 0 Å². The summed E-state index contributed by atoms with van der Waals surface area (Å²) in [7, 11) is 0. The van der Waals surface area contributed by atoms with Gasteiger partial charge in [-0.1, -0.05) is 0 Å². The van der Waals surface area contributed by atoms with Gasteiger partial charge < -0.3 is 10.0 Å². The fourth-order valence-electron chi connectivity index (χ4n) is 2.51. The molecule has 1 fully saturated rings. The van der Waals surface area contributed by atoms with Gasteiger partial charge in [0.15, 0.2) is 5.37 Å². The van der Waals surface area contributed by atoms with Gasteiger partial charge in [0.2, 0.25) is 0 Å². The van der Waals surface area contributed by atoms with Gasteiger partial charge in [0.25, 0.3) is 11.1 Å². The molecule has 0 radical (unpaired) electrons. The highest BCUT2D eigenvalue weighted by Crippen LogP contribution is 2.35. The van der Waals surface area contributed by atoms with Crippen molar-refractivity contribution in [1.82, 2.24) is 0 Å². The number of carboxylic acid groups (broad SMARTS) is 1. The van der Waals surface area contributed by atoms with Gasteiger partial charge in [0.05, 0.1) is 5.69 Å². The Bertz CT molecular complexity index is 858. The van der Waals surface area contributed by atoms with E-state index >= 15 is 0 Å². The van der Waals surface area contributed by atoms with Gasteiger partial charge in [-0.3, -0.25) is 14.4 Å². The maximum atomic E-state index is 13.1. The molecule has 2 aromatic rings. The van der Waals surface area contributed by atoms with Gasteiger partial charge in [-0.15, -0.1) is 0 Å². The van der Waals surface area contributed by atoms with Crippen molar-refractivity contribution < 1.29 is 28.3 Å². The second-order valence-corrected chi connectivity index (χ2v) is 6.42. The fraction of sp³-hybridized carbons (Fsp3) is 0.118. The van der Waals surface area contributed by atoms with E-state index in [4.69, 9.17) is 5.11 Å². The van der Waals surface area contributed by atoms with Crippen LogP contribution in [0.15, 0.2) is 48.5 Å². The molecule has 3 rings (SSSR count). The molecular weight excluding hydrogens is 366 g/mol. The minimum absolute atomic E-state index is 0.186. The van der Waals surface area contributed by atoms with Crippen molar-refractivity contribution >= 4 is 40.3 Å². The van der Waals surface area contributed by atoms with Crippen LogP contribution < -0.4 is 9.80 Å². The van der Waals surface area contributed by atoms with Crippen molar-refractivity contribution in [2.45, 2.75) is 5.37 Å². The molecule has 134 valence electrons. The molecule has 26 heavy (non-hydrogen) atoms. The number of halogens is 2. The molecule has 2 amide bonds. The Morgan fingerprint density at radius 1 is 1.04 bits per heavy atom. The normalized spacial score (nSPS) is 16.8. The molecule has 1 saturated heterocycles. The van der Waals surface area contributed by atoms with Crippen LogP contribution in [0.1, 0.15) is 0 Å². The number of hydrogen-bond donors (Lipinski definition) is 1. The average molecular weight is 378 g/mol. The molecule has 1 N–H and O–H groups in total. The third kappa shape index (κ3) is 3.52. The first-order chi connectivity index (χ1) is 12.4. The second-order valence-electron chi connectivity index (χ2n) is 5.38. The van der Waals surface area contributed by atoms with Gasteiger partial charge in [0, 0.05) is 5.69 Å². The van der Waals surface area contributed by atoms with Crippen LogP contribution in [0, 0.1) is 11.6 Å². The number of nitrogens with zero attached hydrogens (tertiary/aromatic N) is 2. The zero-order valence-corrected chi connectivity index (χ0v) is 14.0. The Kier molecular flexibility index (Phi) is 4.90. The summed E-state index contributed by atoms with van der Waals surface area (Å²) in [5, 5.41) is 7.41. The number of benzene rings is 2. The quantitative estimate of drug-likeness (QED) is 0.862. The van der Waals surface area contributed by atoms with Gasteiger partial charge in [0.1, 0.15) is 18.2 Å². The molecule has 0 aliphatic carbocycles. The van der Waals surface area contributed by atoms with E-state index in [1.807, 2.05) is 0 Å². The first-order valence-corrected chi connectivity index (χ1v) is 8.29. The van der Waals surface area contributed by atoms with Gasteiger partial charge in [-0.25, -0.2) is 13.7 Å². The van der Waals surface area contributed by atoms with Crippen LogP contribution in [0.2, 0.25) is 0 Å². The number of imide groups is 1. The van der Waals surface area contributed by atoms with Crippen LogP contribution in [0.4, 0.5) is 25.0 Å². The van der Waals surface area contributed by atoms with E-state index in [9.17, 15) is 23.2 Å². The molecule has 0 bridgehead atoms. The topological polar surface area (TPSA) is 77.9 Å². The van der Waals surface area contributed by atoms with Gasteiger partial charge in [-0.2, -0.15) is 0 Å². The summed E-state index contributed by atoms with van der Waals surface area (Å²) in [4.78, 5) is 38.3. The Morgan fingerprint density at radius 3 is 2.12 bits per heavy atom. The summed E-state index contributed by atoms with van der Waals surface area (Å²) in [6.45, 7) is -0.556. The SMILES string of the molecule is O=C(O)CN(c1ccc(F)cc1)[C@H]1SC(=O)N(c2ccc(F)cc2)C1=O. The molecule has 0 aromatic heterocycles. The standard InChI is InChI=1S/C17H12F2N2O4S/c18-10-1-5-12(6-2-10)20(9-14(22)23)16-15(24)21(17(25)26-16)13-7-3-11(19)4-8-13/h1-8,16H,9H2,(H,22,23)/t16-/m0/s1. The van der Waals surface area contributed by atoms with Crippen LogP contribution in [-0.4, -0.2) is 34.1 Å². The molecule has 0 saturated carbocycles. The number of anilines is 2. The molecule has 0 unspecified atom stereocenters. The summed E-state index contributed by atoms with van der Waals surface area (Å²) in [6.07, 6.45) is 0. The number of hydrogen-bond acceptors (Lipinski definition) is 5. The van der Waals surface area contributed by atoms with Crippen molar-refractivity contribution in [1.29, 1.82) is 0 Å². The Labute approximate surface area is 151 Å². The highest BCUT2D eigenvalue weighted by molar-refractivity contribution is 8.16. The molecule has 1 atom stereocenters. The number of amides is 2. The van der Waals surface area contributed by atoms with Crippen LogP contribution in [-0.2, 0) is 9.59 Å². The monoisotopic (exact) mass is 378 g/mol. The number of carboxylic acids is 1. The highest BCUT2D eigenvalue weighted by Gasteiger charge is 2.44. The van der Waals surface area contributed by atoms with E-state index in [1.54, 1.807) is 0 Å². The molecule has 9 heteroatoms. The van der Waals surface area contributed by atoms with Crippen molar-refractivity contribution in [2.24, 2.45) is 0 Å². The maximum absolute atomic E-state index is 13.1. The summed E-state index contributed by atoms with van der Waals surface area (Å²) < 4.78 is 26.2. The average Bonchev–Trinajstić information content (AvgIpc) is 2.89. The number of carbonyl (C=O) groups excluding carboxylic acids is 2. The second kappa shape index (κ2) is 7.12. The smallest absolute Gasteiger partial charge is 0.323 e. The van der Waals surface area contributed by atoms with E-state index < -0.39 is 40.7 Å². The molecular formula is C17H12F2N2O4S. The number of rotatable bonds is 5. The van der Waals surface area contributed by atoms with Crippen molar-refractivity contribution in [2.75, 3.05) is 16.3 Å². The minimum Gasteiger partial charge on any atom is -0.480 e. The predicted molar refractivity (Wildman–Crippen MR) is 92.0 cm³/mol. The Morgan fingerprint density at radius 2 is 1.58 bits per heavy atom. The third-order valence-electron chi connectivity index (χ3n) is 3.66. The number of carbonyl (C=O) groups is 3. The van der Waals surface area contributed by atoms with Gasteiger partial charge in [-0.05, 0) is 60.3 Å². The summed E-state index contributed by atoms with van der Waals surface area (Å²) in [5.74, 6) is -2.90. The molecule has 1 aliphatic rings. The lowest BCUT2D eigenvalue weighted by Crippen LogP contribution is -2.44. The zero-order chi connectivity index (χ0) is 18.8. The van der Waals surface area contributed by atoms with E-state index in [0.29, 0.717) is 11.8 Å². The lowest BCUT2D eigenvalue weighted by molar-refractivity contribution is -0.135. The Hall–Kier alpha value is -2.94. The first-order valence-electron chi connectivity index (χ1n) is 7.41. The largest absolute Gasteiger partial charge is 0.480 e. The van der Waals surface area contributed by atoms with E-state index in [1.165, 1.54) is 29.2 Å². The van der Waals surface area contributed by atoms with E-state index in [-0.39, 0.29) is 11.4 Å². The minimum atomic E-state index is -1.21. The predicted octanol–water partition coefficient (Wildman–Crippen LogP) is 3.08. The van der Waals surface area contributed by atoms with E-state index in [2.05, 4.69) is 0 Å². The van der Waals surface area contributed by atoms with Gasteiger partial charge >= 0.3 is 5.97 Å².